The molecule has 0 unspecified atom stereocenters. The molecule has 4 aromatic rings. The molecule has 3 heterocycles. The molecule has 0 N–H and O–H groups in total. The summed E-state index contributed by atoms with van der Waals surface area (Å²) in [6.45, 7) is 6.19. The molecule has 0 amide bonds. The van der Waals surface area contributed by atoms with E-state index in [1.54, 1.807) is 17.4 Å². The first-order valence-electron chi connectivity index (χ1n) is 11.7. The number of benzene rings is 2. The highest BCUT2D eigenvalue weighted by Crippen LogP contribution is 2.38. The molecule has 0 fully saturated rings. The van der Waals surface area contributed by atoms with Crippen LogP contribution >= 0.6 is 58.4 Å². The molecular weight excluding hydrogens is 563 g/mol. The maximum absolute atomic E-state index is 6.67. The van der Waals surface area contributed by atoms with Crippen LogP contribution in [0.3, 0.4) is 0 Å². The Morgan fingerprint density at radius 1 is 0.973 bits per heavy atom. The van der Waals surface area contributed by atoms with Crippen LogP contribution in [0.25, 0.3) is 16.3 Å². The minimum Gasteiger partial charge on any atom is -0.325 e. The normalized spacial score (nSPS) is 13.5. The first-order chi connectivity index (χ1) is 17.8. The van der Waals surface area contributed by atoms with Gasteiger partial charge in [0.2, 0.25) is 0 Å². The first-order valence-corrected chi connectivity index (χ1v) is 14.1. The molecule has 0 radical (unpaired) electrons. The Morgan fingerprint density at radius 2 is 1.70 bits per heavy atom. The van der Waals surface area contributed by atoms with E-state index < -0.39 is 0 Å². The molecule has 9 heteroatoms. The smallest absolute Gasteiger partial charge is 0.162 e. The second-order valence-corrected chi connectivity index (χ2v) is 11.5. The monoisotopic (exact) mass is 584 g/mol. The number of hydrogen-bond acceptors (Lipinski definition) is 4. The van der Waals surface area contributed by atoms with Crippen LogP contribution in [0.4, 0.5) is 0 Å². The van der Waals surface area contributed by atoms with Gasteiger partial charge in [0.25, 0.3) is 0 Å². The van der Waals surface area contributed by atoms with Crippen molar-refractivity contribution in [2.24, 2.45) is 4.99 Å². The van der Waals surface area contributed by atoms with E-state index in [4.69, 9.17) is 52.1 Å². The Morgan fingerprint density at radius 3 is 2.35 bits per heavy atom. The molecule has 2 aromatic carbocycles. The summed E-state index contributed by atoms with van der Waals surface area (Å²) in [6.07, 6.45) is 2.62. The van der Waals surface area contributed by atoms with Crippen LogP contribution in [0, 0.1) is 0 Å². The van der Waals surface area contributed by atoms with Crippen LogP contribution in [0.2, 0.25) is 15.1 Å². The number of aliphatic imine (C=N–C) groups is 1. The van der Waals surface area contributed by atoms with Crippen LogP contribution < -0.4 is 0 Å². The van der Waals surface area contributed by atoms with Crippen LogP contribution in [0.15, 0.2) is 71.9 Å². The summed E-state index contributed by atoms with van der Waals surface area (Å²) in [6, 6.07) is 17.8. The summed E-state index contributed by atoms with van der Waals surface area (Å²) in [5.74, 6) is 0.691. The van der Waals surface area contributed by atoms with Crippen LogP contribution in [-0.4, -0.2) is 32.6 Å². The van der Waals surface area contributed by atoms with Crippen molar-refractivity contribution in [3.05, 3.63) is 104 Å². The Balaban J connectivity index is 1.60. The number of thiophene rings is 1. The fraction of sp³-hybridized carbons (Fsp3) is 0.179. The van der Waals surface area contributed by atoms with Gasteiger partial charge in [0, 0.05) is 27.5 Å². The maximum Gasteiger partial charge on any atom is 0.162 e. The second-order valence-electron chi connectivity index (χ2n) is 8.68. The molecule has 5 rings (SSSR count). The number of amidine groups is 1. The summed E-state index contributed by atoms with van der Waals surface area (Å²) in [5, 5.41) is 6.88. The number of thiocarbonyl (C=S) groups is 1. The third-order valence-electron chi connectivity index (χ3n) is 6.33. The summed E-state index contributed by atoms with van der Waals surface area (Å²) in [4.78, 5) is 9.38. The minimum absolute atomic E-state index is 0.473. The summed E-state index contributed by atoms with van der Waals surface area (Å²) in [5.41, 5.74) is 5.52. The average Bonchev–Trinajstić information content (AvgIpc) is 3.56. The zero-order valence-corrected chi connectivity index (χ0v) is 24.2. The van der Waals surface area contributed by atoms with Crippen LogP contribution in [0.1, 0.15) is 28.6 Å². The van der Waals surface area contributed by atoms with Gasteiger partial charge in [-0.25, -0.2) is 9.67 Å². The van der Waals surface area contributed by atoms with Gasteiger partial charge in [-0.15, -0.1) is 11.3 Å². The van der Waals surface area contributed by atoms with Crippen molar-refractivity contribution < 1.29 is 0 Å². The SMILES string of the molecule is C=C1C(=S)N=C(c2nn(-c3ccc(Cl)cc3Cl)c(-c3ccc(CCc4ccc(Cl)cc4)s3)c2CC)N1C. The van der Waals surface area contributed by atoms with Gasteiger partial charge in [-0.1, -0.05) is 72.7 Å². The molecule has 0 spiro atoms. The van der Waals surface area contributed by atoms with E-state index >= 15 is 0 Å². The van der Waals surface area contributed by atoms with Crippen molar-refractivity contribution in [2.75, 3.05) is 7.05 Å². The van der Waals surface area contributed by atoms with Crippen LogP contribution in [-0.2, 0) is 19.3 Å². The Hall–Kier alpha value is -2.48. The fourth-order valence-electron chi connectivity index (χ4n) is 4.32. The lowest BCUT2D eigenvalue weighted by Crippen LogP contribution is -2.23. The van der Waals surface area contributed by atoms with Crippen molar-refractivity contribution in [3.8, 4) is 16.3 Å². The van der Waals surface area contributed by atoms with E-state index in [1.165, 1.54) is 10.4 Å². The largest absolute Gasteiger partial charge is 0.325 e. The van der Waals surface area contributed by atoms with Crippen molar-refractivity contribution in [2.45, 2.75) is 26.2 Å². The number of likely N-dealkylation sites (N-methyl/N-ethyl adjacent to an activating group) is 1. The number of rotatable bonds is 7. The van der Waals surface area contributed by atoms with E-state index in [0.29, 0.717) is 26.6 Å². The zero-order chi connectivity index (χ0) is 26.3. The van der Waals surface area contributed by atoms with Crippen molar-refractivity contribution in [3.63, 3.8) is 0 Å². The van der Waals surface area contributed by atoms with Crippen molar-refractivity contribution >= 4 is 69.2 Å². The molecule has 2 aromatic heterocycles. The molecule has 0 bridgehead atoms. The molecule has 0 saturated carbocycles. The van der Waals surface area contributed by atoms with Crippen molar-refractivity contribution in [1.82, 2.24) is 14.7 Å². The lowest BCUT2D eigenvalue weighted by atomic mass is 10.1. The predicted octanol–water partition coefficient (Wildman–Crippen LogP) is 8.44. The highest BCUT2D eigenvalue weighted by Gasteiger charge is 2.30. The van der Waals surface area contributed by atoms with Gasteiger partial charge in [0.1, 0.15) is 5.69 Å². The van der Waals surface area contributed by atoms with E-state index in [1.807, 2.05) is 40.9 Å². The molecular formula is C28H23Cl3N4S2. The van der Waals surface area contributed by atoms with E-state index in [2.05, 4.69) is 42.8 Å². The summed E-state index contributed by atoms with van der Waals surface area (Å²) < 4.78 is 1.90. The second kappa shape index (κ2) is 10.7. The number of halogens is 3. The highest BCUT2D eigenvalue weighted by atomic mass is 35.5. The number of hydrogen-bond donors (Lipinski definition) is 0. The fourth-order valence-corrected chi connectivity index (χ4v) is 6.23. The molecule has 0 saturated heterocycles. The zero-order valence-electron chi connectivity index (χ0n) is 20.3. The maximum atomic E-state index is 6.67. The third kappa shape index (κ3) is 5.14. The van der Waals surface area contributed by atoms with E-state index in [9.17, 15) is 0 Å². The topological polar surface area (TPSA) is 33.4 Å². The van der Waals surface area contributed by atoms with E-state index in [-0.39, 0.29) is 0 Å². The number of aryl methyl sites for hydroxylation is 2. The standard InChI is InChI=1S/C28H23Cl3N4S2/c1-4-21-25(27-32-28(36)16(2)34(27)3)33-35(23-13-10-19(30)15-22(23)31)26(21)24-14-12-20(37-24)11-7-17-5-8-18(29)9-6-17/h5-6,8-10,12-15H,2,4,7,11H2,1,3H3. The quantitative estimate of drug-likeness (QED) is 0.161. The number of aromatic nitrogens is 2. The summed E-state index contributed by atoms with van der Waals surface area (Å²) >= 11 is 26.1. The van der Waals surface area contributed by atoms with Gasteiger partial charge in [-0.05, 0) is 67.3 Å². The Bertz CT molecular complexity index is 1550. The molecule has 37 heavy (non-hydrogen) atoms. The molecule has 188 valence electrons. The van der Waals surface area contributed by atoms with Gasteiger partial charge in [-0.3, -0.25) is 0 Å². The van der Waals surface area contributed by atoms with E-state index in [0.717, 1.165) is 51.8 Å². The molecule has 0 atom stereocenters. The first kappa shape index (κ1) is 26.1. The average molecular weight is 586 g/mol. The van der Waals surface area contributed by atoms with Gasteiger partial charge >= 0.3 is 0 Å². The molecule has 1 aliphatic rings. The van der Waals surface area contributed by atoms with Gasteiger partial charge in [0.05, 0.1) is 27.0 Å². The predicted molar refractivity (Wildman–Crippen MR) is 161 cm³/mol. The Kier molecular flexibility index (Phi) is 7.57. The van der Waals surface area contributed by atoms with Crippen molar-refractivity contribution in [1.29, 1.82) is 0 Å². The minimum atomic E-state index is 0.473. The summed E-state index contributed by atoms with van der Waals surface area (Å²) in [7, 11) is 1.91. The van der Waals surface area contributed by atoms with Gasteiger partial charge in [0.15, 0.2) is 10.8 Å². The highest BCUT2D eigenvalue weighted by molar-refractivity contribution is 7.80. The lowest BCUT2D eigenvalue weighted by Gasteiger charge is -2.13. The Labute approximate surface area is 240 Å². The van der Waals surface area contributed by atoms with Gasteiger partial charge < -0.3 is 4.90 Å². The molecule has 0 aliphatic carbocycles. The van der Waals surface area contributed by atoms with Gasteiger partial charge in [-0.2, -0.15) is 5.10 Å². The lowest BCUT2D eigenvalue weighted by molar-refractivity contribution is 0.675. The molecule has 1 aliphatic heterocycles. The third-order valence-corrected chi connectivity index (χ3v) is 8.60. The van der Waals surface area contributed by atoms with Crippen LogP contribution in [0.5, 0.6) is 0 Å². The number of nitrogens with zero attached hydrogens (tertiary/aromatic N) is 4. The molecule has 4 nitrogen and oxygen atoms in total.